The zero-order valence-corrected chi connectivity index (χ0v) is 15.8. The summed E-state index contributed by atoms with van der Waals surface area (Å²) in [5.41, 5.74) is 0.304. The fourth-order valence-corrected chi connectivity index (χ4v) is 2.99. The SMILES string of the molecule is CNS(=O)(=O)c1cccc(C(=O)OCC(=O)c2ccc(OC)c(OC)c2)c1. The maximum absolute atomic E-state index is 12.2. The van der Waals surface area contributed by atoms with Crippen molar-refractivity contribution in [3.05, 3.63) is 53.6 Å². The molecule has 2 aromatic carbocycles. The Bertz CT molecular complexity index is 954. The molecular formula is C18H19NO7S. The molecule has 8 nitrogen and oxygen atoms in total. The fourth-order valence-electron chi connectivity index (χ4n) is 2.22. The Morgan fingerprint density at radius 3 is 2.30 bits per heavy atom. The van der Waals surface area contributed by atoms with Crippen molar-refractivity contribution in [2.75, 3.05) is 27.9 Å². The third-order valence-electron chi connectivity index (χ3n) is 3.69. The standard InChI is InChI=1S/C18H19NO7S/c1-19-27(22,23)14-6-4-5-13(9-14)18(21)26-11-15(20)12-7-8-16(24-2)17(10-12)25-3/h4-10,19H,11H2,1-3H3. The van der Waals surface area contributed by atoms with E-state index in [4.69, 9.17) is 14.2 Å². The molecule has 0 saturated carbocycles. The van der Waals surface area contributed by atoms with Gasteiger partial charge in [0.05, 0.1) is 24.7 Å². The van der Waals surface area contributed by atoms with E-state index < -0.39 is 28.4 Å². The molecule has 9 heteroatoms. The van der Waals surface area contributed by atoms with Crippen LogP contribution in [0, 0.1) is 0 Å². The van der Waals surface area contributed by atoms with Gasteiger partial charge < -0.3 is 14.2 Å². The largest absolute Gasteiger partial charge is 0.493 e. The number of ketones is 1. The molecule has 0 spiro atoms. The molecule has 0 aliphatic carbocycles. The van der Waals surface area contributed by atoms with Crippen molar-refractivity contribution in [1.29, 1.82) is 0 Å². The number of benzene rings is 2. The van der Waals surface area contributed by atoms with Crippen LogP contribution in [-0.2, 0) is 14.8 Å². The molecule has 27 heavy (non-hydrogen) atoms. The number of rotatable bonds is 8. The Morgan fingerprint density at radius 2 is 1.67 bits per heavy atom. The lowest BCUT2D eigenvalue weighted by atomic mass is 10.1. The van der Waals surface area contributed by atoms with E-state index in [1.807, 2.05) is 0 Å². The molecular weight excluding hydrogens is 374 g/mol. The van der Waals surface area contributed by atoms with Gasteiger partial charge in [-0.2, -0.15) is 0 Å². The maximum Gasteiger partial charge on any atom is 0.338 e. The van der Waals surface area contributed by atoms with E-state index in [2.05, 4.69) is 4.72 Å². The van der Waals surface area contributed by atoms with Gasteiger partial charge in [-0.15, -0.1) is 0 Å². The third kappa shape index (κ3) is 4.83. The molecule has 0 heterocycles. The molecule has 0 aliphatic rings. The molecule has 0 aromatic heterocycles. The minimum atomic E-state index is -3.69. The van der Waals surface area contributed by atoms with E-state index in [1.54, 1.807) is 6.07 Å². The number of esters is 1. The van der Waals surface area contributed by atoms with Crippen molar-refractivity contribution in [2.45, 2.75) is 4.90 Å². The highest BCUT2D eigenvalue weighted by molar-refractivity contribution is 7.89. The minimum Gasteiger partial charge on any atom is -0.493 e. The highest BCUT2D eigenvalue weighted by Gasteiger charge is 2.17. The van der Waals surface area contributed by atoms with Crippen LogP contribution in [0.5, 0.6) is 11.5 Å². The van der Waals surface area contributed by atoms with Crippen molar-refractivity contribution in [3.8, 4) is 11.5 Å². The molecule has 0 aliphatic heterocycles. The van der Waals surface area contributed by atoms with Gasteiger partial charge in [-0.3, -0.25) is 4.79 Å². The van der Waals surface area contributed by atoms with Gasteiger partial charge in [0.1, 0.15) is 0 Å². The average Bonchev–Trinajstić information content (AvgIpc) is 2.71. The van der Waals surface area contributed by atoms with Crippen molar-refractivity contribution in [2.24, 2.45) is 0 Å². The number of Topliss-reactive ketones (excluding diaryl/α,β-unsaturated/α-hetero) is 1. The van der Waals surface area contributed by atoms with E-state index >= 15 is 0 Å². The fraction of sp³-hybridized carbons (Fsp3) is 0.222. The van der Waals surface area contributed by atoms with Crippen LogP contribution in [0.3, 0.4) is 0 Å². The van der Waals surface area contributed by atoms with Gasteiger partial charge >= 0.3 is 5.97 Å². The second-order valence-corrected chi connectivity index (χ2v) is 7.19. The highest BCUT2D eigenvalue weighted by Crippen LogP contribution is 2.27. The number of hydrogen-bond acceptors (Lipinski definition) is 7. The van der Waals surface area contributed by atoms with Crippen molar-refractivity contribution < 1.29 is 32.2 Å². The summed E-state index contributed by atoms with van der Waals surface area (Å²) >= 11 is 0. The van der Waals surface area contributed by atoms with Gasteiger partial charge in [0.15, 0.2) is 23.9 Å². The van der Waals surface area contributed by atoms with E-state index in [0.717, 1.165) is 0 Å². The topological polar surface area (TPSA) is 108 Å². The van der Waals surface area contributed by atoms with Crippen LogP contribution in [0.15, 0.2) is 47.4 Å². The molecule has 2 rings (SSSR count). The number of nitrogens with one attached hydrogen (secondary N) is 1. The number of ether oxygens (including phenoxy) is 3. The molecule has 144 valence electrons. The van der Waals surface area contributed by atoms with E-state index in [9.17, 15) is 18.0 Å². The molecule has 2 aromatic rings. The van der Waals surface area contributed by atoms with Gasteiger partial charge in [0.2, 0.25) is 10.0 Å². The van der Waals surface area contributed by atoms with Crippen molar-refractivity contribution in [1.82, 2.24) is 4.72 Å². The third-order valence-corrected chi connectivity index (χ3v) is 5.10. The van der Waals surface area contributed by atoms with Crippen LogP contribution in [0.1, 0.15) is 20.7 Å². The van der Waals surface area contributed by atoms with Gasteiger partial charge in [-0.1, -0.05) is 6.07 Å². The summed E-state index contributed by atoms with van der Waals surface area (Å²) in [7, 11) is 0.491. The Hall–Kier alpha value is -2.91. The predicted molar refractivity (Wildman–Crippen MR) is 96.8 cm³/mol. The lowest BCUT2D eigenvalue weighted by molar-refractivity contribution is 0.0474. The van der Waals surface area contributed by atoms with E-state index in [1.165, 1.54) is 57.7 Å². The molecule has 0 atom stereocenters. The Morgan fingerprint density at radius 1 is 0.963 bits per heavy atom. The van der Waals surface area contributed by atoms with Crippen LogP contribution in [0.2, 0.25) is 0 Å². The smallest absolute Gasteiger partial charge is 0.338 e. The lowest BCUT2D eigenvalue weighted by Crippen LogP contribution is -2.19. The van der Waals surface area contributed by atoms with Crippen LogP contribution < -0.4 is 14.2 Å². The first kappa shape index (κ1) is 20.4. The second kappa shape index (κ2) is 8.65. The summed E-state index contributed by atoms with van der Waals surface area (Å²) in [6.07, 6.45) is 0. The summed E-state index contributed by atoms with van der Waals surface area (Å²) in [5, 5.41) is 0. The maximum atomic E-state index is 12.2. The number of hydrogen-bond donors (Lipinski definition) is 1. The average molecular weight is 393 g/mol. The monoisotopic (exact) mass is 393 g/mol. The van der Waals surface area contributed by atoms with Gasteiger partial charge in [0.25, 0.3) is 0 Å². The molecule has 0 saturated heterocycles. The van der Waals surface area contributed by atoms with Crippen molar-refractivity contribution >= 4 is 21.8 Å². The zero-order chi connectivity index (χ0) is 20.0. The zero-order valence-electron chi connectivity index (χ0n) is 15.0. The Balaban J connectivity index is 2.10. The second-order valence-electron chi connectivity index (χ2n) is 5.30. The van der Waals surface area contributed by atoms with Crippen molar-refractivity contribution in [3.63, 3.8) is 0 Å². The van der Waals surface area contributed by atoms with E-state index in [-0.39, 0.29) is 16.0 Å². The van der Waals surface area contributed by atoms with E-state index in [0.29, 0.717) is 11.5 Å². The number of methoxy groups -OCH3 is 2. The molecule has 0 fully saturated rings. The van der Waals surface area contributed by atoms with Gasteiger partial charge in [-0.25, -0.2) is 17.9 Å². The molecule has 1 N–H and O–H groups in total. The van der Waals surface area contributed by atoms with Crippen LogP contribution in [0.25, 0.3) is 0 Å². The summed E-state index contributed by atoms with van der Waals surface area (Å²) < 4.78 is 41.0. The first-order valence-corrected chi connectivity index (χ1v) is 9.26. The Labute approximate surface area is 157 Å². The minimum absolute atomic E-state index is 0.0198. The molecule has 0 unspecified atom stereocenters. The lowest BCUT2D eigenvalue weighted by Gasteiger charge is -2.09. The summed E-state index contributed by atoms with van der Waals surface area (Å²) in [5.74, 6) is -0.409. The van der Waals surface area contributed by atoms with Crippen LogP contribution in [-0.4, -0.2) is 48.0 Å². The Kier molecular flexibility index (Phi) is 6.54. The first-order chi connectivity index (χ1) is 12.8. The normalized spacial score (nSPS) is 10.9. The van der Waals surface area contributed by atoms with Crippen LogP contribution >= 0.6 is 0 Å². The van der Waals surface area contributed by atoms with Crippen LogP contribution in [0.4, 0.5) is 0 Å². The summed E-state index contributed by atoms with van der Waals surface area (Å²) in [6, 6.07) is 9.91. The summed E-state index contributed by atoms with van der Waals surface area (Å²) in [4.78, 5) is 24.3. The highest BCUT2D eigenvalue weighted by atomic mass is 32.2. The summed E-state index contributed by atoms with van der Waals surface area (Å²) in [6.45, 7) is -0.503. The number of carbonyl (C=O) groups is 2. The first-order valence-electron chi connectivity index (χ1n) is 7.78. The number of carbonyl (C=O) groups excluding carboxylic acids is 2. The van der Waals surface area contributed by atoms with Gasteiger partial charge in [-0.05, 0) is 43.4 Å². The molecule has 0 amide bonds. The number of sulfonamides is 1. The molecule has 0 bridgehead atoms. The van der Waals surface area contributed by atoms with Gasteiger partial charge in [0, 0.05) is 5.56 Å². The molecule has 0 radical (unpaired) electrons. The quantitative estimate of drug-likeness (QED) is 0.537. The predicted octanol–water partition coefficient (Wildman–Crippen LogP) is 1.65.